The fraction of sp³-hybridized carbons (Fsp3) is 0.0526. The Bertz CT molecular complexity index is 1050. The lowest BCUT2D eigenvalue weighted by Crippen LogP contribution is -2.20. The van der Waals surface area contributed by atoms with Crippen molar-refractivity contribution in [2.24, 2.45) is 4.99 Å². The van der Waals surface area contributed by atoms with Crippen LogP contribution in [0.2, 0.25) is 5.02 Å². The zero-order chi connectivity index (χ0) is 20.1. The first-order chi connectivity index (χ1) is 13.5. The van der Waals surface area contributed by atoms with Crippen molar-refractivity contribution < 1.29 is 14.3 Å². The van der Waals surface area contributed by atoms with Gasteiger partial charge in [-0.3, -0.25) is 9.59 Å². The molecule has 1 N–H and O–H groups in total. The molecule has 1 aliphatic heterocycles. The average Bonchev–Trinajstić information content (AvgIpc) is 3.00. The normalized spacial score (nSPS) is 16.1. The van der Waals surface area contributed by atoms with Gasteiger partial charge in [-0.25, -0.2) is 0 Å². The zero-order valence-electron chi connectivity index (χ0n) is 14.1. The number of carbonyl (C=O) groups is 2. The van der Waals surface area contributed by atoms with Gasteiger partial charge in [0.1, 0.15) is 11.8 Å². The van der Waals surface area contributed by atoms with Crippen molar-refractivity contribution >= 4 is 62.4 Å². The Labute approximate surface area is 178 Å². The number of ether oxygens (including phenoxy) is 1. The van der Waals surface area contributed by atoms with Gasteiger partial charge < -0.3 is 10.1 Å². The second-order valence-corrected chi connectivity index (χ2v) is 7.81. The highest BCUT2D eigenvalue weighted by Crippen LogP contribution is 2.31. The van der Waals surface area contributed by atoms with Crippen LogP contribution in [0.1, 0.15) is 15.9 Å². The molecule has 2 amide bonds. The Morgan fingerprint density at radius 2 is 2.07 bits per heavy atom. The number of hydrogen-bond donors (Lipinski definition) is 1. The number of aliphatic imine (C=N–C) groups is 1. The van der Waals surface area contributed by atoms with Crippen molar-refractivity contribution in [3.63, 3.8) is 0 Å². The van der Waals surface area contributed by atoms with Gasteiger partial charge in [-0.15, -0.1) is 0 Å². The maximum absolute atomic E-state index is 12.2. The third-order valence-corrected chi connectivity index (χ3v) is 5.15. The second kappa shape index (κ2) is 9.06. The molecule has 0 radical (unpaired) electrons. The molecule has 1 heterocycles. The van der Waals surface area contributed by atoms with Crippen LogP contribution in [-0.2, 0) is 4.79 Å². The van der Waals surface area contributed by atoms with E-state index < -0.39 is 5.91 Å². The molecule has 0 unspecified atom stereocenters. The van der Waals surface area contributed by atoms with Crippen LogP contribution in [0.4, 0.5) is 0 Å². The van der Waals surface area contributed by atoms with E-state index in [0.717, 1.165) is 16.2 Å². The van der Waals surface area contributed by atoms with Crippen LogP contribution >= 0.6 is 39.3 Å². The SMILES string of the molecule is N#CCOc1ccc(Br)cc1/C=C1\SC(=NC(=O)c2ccc(Cl)cc2)NC1=O. The summed E-state index contributed by atoms with van der Waals surface area (Å²) in [7, 11) is 0. The van der Waals surface area contributed by atoms with E-state index in [4.69, 9.17) is 21.6 Å². The highest BCUT2D eigenvalue weighted by Gasteiger charge is 2.25. The molecule has 0 saturated carbocycles. The third kappa shape index (κ3) is 5.01. The van der Waals surface area contributed by atoms with Crippen molar-refractivity contribution in [2.75, 3.05) is 6.61 Å². The highest BCUT2D eigenvalue weighted by atomic mass is 79.9. The lowest BCUT2D eigenvalue weighted by molar-refractivity contribution is -0.115. The van der Waals surface area contributed by atoms with Gasteiger partial charge in [-0.05, 0) is 60.3 Å². The second-order valence-electron chi connectivity index (χ2n) is 5.42. The fourth-order valence-corrected chi connectivity index (χ4v) is 3.56. The molecule has 3 rings (SSSR count). The minimum atomic E-state index is -0.485. The lowest BCUT2D eigenvalue weighted by atomic mass is 10.2. The highest BCUT2D eigenvalue weighted by molar-refractivity contribution is 9.10. The standard InChI is InChI=1S/C19H11BrClN3O3S/c20-13-3-6-15(27-8-7-22)12(9-13)10-16-18(26)24-19(28-16)23-17(25)11-1-4-14(21)5-2-11/h1-6,9-10H,8H2,(H,23,24,25,26)/b16-10-. The van der Waals surface area contributed by atoms with E-state index in [2.05, 4.69) is 26.2 Å². The largest absolute Gasteiger partial charge is 0.478 e. The maximum atomic E-state index is 12.2. The van der Waals surface area contributed by atoms with Gasteiger partial charge in [0.15, 0.2) is 11.8 Å². The number of nitrogens with one attached hydrogen (secondary N) is 1. The summed E-state index contributed by atoms with van der Waals surface area (Å²) < 4.78 is 6.17. The van der Waals surface area contributed by atoms with Crippen LogP contribution in [-0.4, -0.2) is 23.6 Å². The molecule has 1 saturated heterocycles. The van der Waals surface area contributed by atoms with E-state index in [-0.39, 0.29) is 17.7 Å². The number of hydrogen-bond acceptors (Lipinski definition) is 5. The number of amidine groups is 1. The number of nitriles is 1. The monoisotopic (exact) mass is 475 g/mol. The van der Waals surface area contributed by atoms with Crippen LogP contribution in [0, 0.1) is 11.3 Å². The first-order valence-corrected chi connectivity index (χ1v) is 9.84. The summed E-state index contributed by atoms with van der Waals surface area (Å²) in [4.78, 5) is 28.8. The predicted octanol–water partition coefficient (Wildman–Crippen LogP) is 4.41. The summed E-state index contributed by atoms with van der Waals surface area (Å²) in [5, 5.41) is 12.0. The number of benzene rings is 2. The van der Waals surface area contributed by atoms with Crippen molar-refractivity contribution in [2.45, 2.75) is 0 Å². The zero-order valence-corrected chi connectivity index (χ0v) is 17.3. The van der Waals surface area contributed by atoms with Crippen molar-refractivity contribution in [3.05, 3.63) is 68.0 Å². The summed E-state index contributed by atoms with van der Waals surface area (Å²) in [5.41, 5.74) is 0.982. The summed E-state index contributed by atoms with van der Waals surface area (Å²) >= 11 is 10.2. The molecule has 0 bridgehead atoms. The quantitative estimate of drug-likeness (QED) is 0.660. The van der Waals surface area contributed by atoms with Crippen LogP contribution in [0.15, 0.2) is 56.8 Å². The van der Waals surface area contributed by atoms with Crippen molar-refractivity contribution in [3.8, 4) is 11.8 Å². The van der Waals surface area contributed by atoms with E-state index >= 15 is 0 Å². The van der Waals surface area contributed by atoms with Gasteiger partial charge in [-0.2, -0.15) is 10.3 Å². The first kappa shape index (κ1) is 20.1. The average molecular weight is 477 g/mol. The maximum Gasteiger partial charge on any atom is 0.279 e. The molecule has 2 aromatic carbocycles. The number of amides is 2. The Balaban J connectivity index is 1.83. The van der Waals surface area contributed by atoms with E-state index in [9.17, 15) is 9.59 Å². The van der Waals surface area contributed by atoms with E-state index in [1.54, 1.807) is 48.5 Å². The molecule has 2 aromatic rings. The topological polar surface area (TPSA) is 91.5 Å². The van der Waals surface area contributed by atoms with Gasteiger partial charge in [0, 0.05) is 20.6 Å². The Kier molecular flexibility index (Phi) is 6.52. The van der Waals surface area contributed by atoms with Crippen LogP contribution in [0.3, 0.4) is 0 Å². The van der Waals surface area contributed by atoms with Crippen molar-refractivity contribution in [1.29, 1.82) is 5.26 Å². The van der Waals surface area contributed by atoms with Gasteiger partial charge in [0.25, 0.3) is 11.8 Å². The summed E-state index contributed by atoms with van der Waals surface area (Å²) in [6.45, 7) is -0.112. The predicted molar refractivity (Wildman–Crippen MR) is 112 cm³/mol. The molecule has 6 nitrogen and oxygen atoms in total. The minimum Gasteiger partial charge on any atom is -0.478 e. The van der Waals surface area contributed by atoms with Crippen LogP contribution in [0.5, 0.6) is 5.75 Å². The molecule has 1 fully saturated rings. The number of halogens is 2. The fourth-order valence-electron chi connectivity index (χ4n) is 2.24. The molecular formula is C19H11BrClN3O3S. The van der Waals surface area contributed by atoms with Gasteiger partial charge in [-0.1, -0.05) is 27.5 Å². The minimum absolute atomic E-state index is 0.112. The summed E-state index contributed by atoms with van der Waals surface area (Å²) in [6.07, 6.45) is 1.62. The number of rotatable bonds is 4. The number of thioether (sulfide) groups is 1. The summed E-state index contributed by atoms with van der Waals surface area (Å²) in [6, 6.07) is 13.5. The van der Waals surface area contributed by atoms with E-state index in [1.165, 1.54) is 0 Å². The van der Waals surface area contributed by atoms with Crippen LogP contribution < -0.4 is 10.1 Å². The van der Waals surface area contributed by atoms with Gasteiger partial charge >= 0.3 is 0 Å². The number of carbonyl (C=O) groups excluding carboxylic acids is 2. The molecule has 140 valence electrons. The molecule has 0 aliphatic carbocycles. The third-order valence-electron chi connectivity index (χ3n) is 3.50. The molecular weight excluding hydrogens is 466 g/mol. The first-order valence-electron chi connectivity index (χ1n) is 7.85. The molecule has 28 heavy (non-hydrogen) atoms. The Morgan fingerprint density at radius 1 is 1.32 bits per heavy atom. The molecule has 0 atom stereocenters. The molecule has 9 heteroatoms. The molecule has 1 aliphatic rings. The smallest absolute Gasteiger partial charge is 0.279 e. The van der Waals surface area contributed by atoms with Gasteiger partial charge in [0.05, 0.1) is 4.91 Å². The van der Waals surface area contributed by atoms with E-state index in [0.29, 0.717) is 26.8 Å². The summed E-state index contributed by atoms with van der Waals surface area (Å²) in [5.74, 6) is -0.395. The Hall–Kier alpha value is -2.60. The van der Waals surface area contributed by atoms with Crippen molar-refractivity contribution in [1.82, 2.24) is 5.32 Å². The molecule has 0 aromatic heterocycles. The molecule has 0 spiro atoms. The van der Waals surface area contributed by atoms with E-state index in [1.807, 2.05) is 6.07 Å². The number of nitrogens with zero attached hydrogens (tertiary/aromatic N) is 2. The van der Waals surface area contributed by atoms with Gasteiger partial charge in [0.2, 0.25) is 0 Å². The Morgan fingerprint density at radius 3 is 2.79 bits per heavy atom. The van der Waals surface area contributed by atoms with Crippen LogP contribution in [0.25, 0.3) is 6.08 Å². The lowest BCUT2D eigenvalue weighted by Gasteiger charge is -2.07.